The lowest BCUT2D eigenvalue weighted by molar-refractivity contribution is -0.384. The average Bonchev–Trinajstić information content (AvgIpc) is 3.07. The van der Waals surface area contributed by atoms with Crippen LogP contribution in [0.15, 0.2) is 29.2 Å². The molecule has 11 nitrogen and oxygen atoms in total. The van der Waals surface area contributed by atoms with Crippen molar-refractivity contribution in [3.63, 3.8) is 0 Å². The van der Waals surface area contributed by atoms with Gasteiger partial charge in [-0.05, 0) is 45.7 Å². The number of carbonyl (C=O) groups is 2. The van der Waals surface area contributed by atoms with Gasteiger partial charge in [-0.2, -0.15) is 4.31 Å². The summed E-state index contributed by atoms with van der Waals surface area (Å²) in [4.78, 5) is 33.4. The fourth-order valence-electron chi connectivity index (χ4n) is 3.02. The quantitative estimate of drug-likeness (QED) is 0.327. The molecule has 1 aliphatic heterocycles. The second kappa shape index (κ2) is 10.1. The molecule has 172 valence electrons. The molecule has 0 radical (unpaired) electrons. The third-order valence-electron chi connectivity index (χ3n) is 4.45. The number of nitro groups is 1. The summed E-state index contributed by atoms with van der Waals surface area (Å²) in [5.41, 5.74) is -0.856. The van der Waals surface area contributed by atoms with Crippen LogP contribution in [0.3, 0.4) is 0 Å². The van der Waals surface area contributed by atoms with Crippen LogP contribution in [0.5, 0.6) is 0 Å². The van der Waals surface area contributed by atoms with Crippen LogP contribution in [0, 0.1) is 10.1 Å². The first-order chi connectivity index (χ1) is 14.4. The zero-order chi connectivity index (χ0) is 23.2. The summed E-state index contributed by atoms with van der Waals surface area (Å²) in [6, 6.07) is 4.32. The molecule has 0 spiro atoms. The van der Waals surface area contributed by atoms with Gasteiger partial charge < -0.3 is 15.4 Å². The topological polar surface area (TPSA) is 148 Å². The van der Waals surface area contributed by atoms with Crippen molar-refractivity contribution < 1.29 is 27.7 Å². The summed E-state index contributed by atoms with van der Waals surface area (Å²) in [6.45, 7) is 5.56. The minimum atomic E-state index is -3.96. The first-order valence-corrected chi connectivity index (χ1v) is 11.3. The number of hydrogen-bond acceptors (Lipinski definition) is 7. The molecule has 2 rings (SSSR count). The van der Waals surface area contributed by atoms with Crippen LogP contribution in [0.2, 0.25) is 0 Å². The molecule has 2 amide bonds. The molecular weight excluding hydrogens is 428 g/mol. The highest BCUT2D eigenvalue weighted by molar-refractivity contribution is 7.89. The van der Waals surface area contributed by atoms with E-state index in [0.717, 1.165) is 12.1 Å². The highest BCUT2D eigenvalue weighted by Crippen LogP contribution is 2.21. The van der Waals surface area contributed by atoms with E-state index in [1.165, 1.54) is 16.4 Å². The van der Waals surface area contributed by atoms with E-state index in [1.807, 2.05) is 0 Å². The third kappa shape index (κ3) is 7.47. The van der Waals surface area contributed by atoms with Gasteiger partial charge in [0.25, 0.3) is 5.69 Å². The summed E-state index contributed by atoms with van der Waals surface area (Å²) in [5, 5.41) is 16.2. The van der Waals surface area contributed by atoms with Gasteiger partial charge in [-0.1, -0.05) is 0 Å². The SMILES string of the molecule is CC(C)(C)OC(=O)NCCCN(C[C@H]1CCC(=O)N1)S(=O)(=O)c1ccc([N+](=O)[O-])cc1. The van der Waals surface area contributed by atoms with Crippen molar-refractivity contribution in [2.24, 2.45) is 0 Å². The Balaban J connectivity index is 2.07. The number of rotatable bonds is 9. The van der Waals surface area contributed by atoms with Crippen molar-refractivity contribution in [1.82, 2.24) is 14.9 Å². The molecule has 1 atom stereocenters. The molecule has 1 saturated heterocycles. The van der Waals surface area contributed by atoms with Gasteiger partial charge in [0.05, 0.1) is 9.82 Å². The summed E-state index contributed by atoms with van der Waals surface area (Å²) in [6.07, 6.45) is 0.560. The molecule has 1 fully saturated rings. The van der Waals surface area contributed by atoms with E-state index in [0.29, 0.717) is 19.3 Å². The highest BCUT2D eigenvalue weighted by Gasteiger charge is 2.30. The Hall–Kier alpha value is -2.73. The number of nitro benzene ring substituents is 1. The molecule has 0 saturated carbocycles. The summed E-state index contributed by atoms with van der Waals surface area (Å²) >= 11 is 0. The Morgan fingerprint density at radius 1 is 1.32 bits per heavy atom. The molecule has 0 aliphatic carbocycles. The Morgan fingerprint density at radius 2 is 1.97 bits per heavy atom. The standard InChI is InChI=1S/C19H28N4O7S/c1-19(2,3)30-18(25)20-11-4-12-22(13-14-5-10-17(24)21-14)31(28,29)16-8-6-15(7-9-16)23(26)27/h6-9,14H,4-5,10-13H2,1-3H3,(H,20,25)(H,21,24)/t14-/m1/s1. The van der Waals surface area contributed by atoms with Crippen LogP contribution in [0.4, 0.5) is 10.5 Å². The first-order valence-electron chi connectivity index (χ1n) is 9.89. The molecule has 0 unspecified atom stereocenters. The zero-order valence-corrected chi connectivity index (χ0v) is 18.6. The number of nitrogens with one attached hydrogen (secondary N) is 2. The lowest BCUT2D eigenvalue weighted by Gasteiger charge is -2.25. The van der Waals surface area contributed by atoms with E-state index >= 15 is 0 Å². The highest BCUT2D eigenvalue weighted by atomic mass is 32.2. The van der Waals surface area contributed by atoms with Gasteiger partial charge in [-0.3, -0.25) is 14.9 Å². The molecule has 1 aromatic carbocycles. The van der Waals surface area contributed by atoms with Gasteiger partial charge in [-0.15, -0.1) is 0 Å². The van der Waals surface area contributed by atoms with E-state index in [-0.39, 0.29) is 42.2 Å². The van der Waals surface area contributed by atoms with Crippen molar-refractivity contribution in [3.05, 3.63) is 34.4 Å². The fraction of sp³-hybridized carbons (Fsp3) is 0.579. The predicted octanol–water partition coefficient (Wildman–Crippen LogP) is 1.78. The normalized spacial score (nSPS) is 16.8. The minimum Gasteiger partial charge on any atom is -0.444 e. The van der Waals surface area contributed by atoms with Crippen molar-refractivity contribution >= 4 is 27.7 Å². The maximum atomic E-state index is 13.1. The van der Waals surface area contributed by atoms with E-state index in [2.05, 4.69) is 10.6 Å². The summed E-state index contributed by atoms with van der Waals surface area (Å²) in [5.74, 6) is -0.135. The molecule has 0 aromatic heterocycles. The van der Waals surface area contributed by atoms with Crippen molar-refractivity contribution in [3.8, 4) is 0 Å². The van der Waals surface area contributed by atoms with Crippen LogP contribution < -0.4 is 10.6 Å². The number of ether oxygens (including phenoxy) is 1. The molecule has 0 bridgehead atoms. The van der Waals surface area contributed by atoms with E-state index in [4.69, 9.17) is 4.74 Å². The number of hydrogen-bond donors (Lipinski definition) is 2. The number of alkyl carbamates (subject to hydrolysis) is 1. The van der Waals surface area contributed by atoms with Gasteiger partial charge in [0.1, 0.15) is 5.60 Å². The molecule has 12 heteroatoms. The number of sulfonamides is 1. The van der Waals surface area contributed by atoms with Gasteiger partial charge in [0, 0.05) is 44.2 Å². The van der Waals surface area contributed by atoms with Gasteiger partial charge >= 0.3 is 6.09 Å². The van der Waals surface area contributed by atoms with Gasteiger partial charge in [0.15, 0.2) is 0 Å². The average molecular weight is 457 g/mol. The number of carbonyl (C=O) groups excluding carboxylic acids is 2. The first kappa shape index (κ1) is 24.5. The maximum Gasteiger partial charge on any atom is 0.407 e. The molecule has 2 N–H and O–H groups in total. The Kier molecular flexibility index (Phi) is 7.96. The smallest absolute Gasteiger partial charge is 0.407 e. The van der Waals surface area contributed by atoms with E-state index < -0.39 is 26.6 Å². The largest absolute Gasteiger partial charge is 0.444 e. The number of amides is 2. The molecule has 31 heavy (non-hydrogen) atoms. The fourth-order valence-corrected chi connectivity index (χ4v) is 4.54. The van der Waals surface area contributed by atoms with Crippen LogP contribution in [-0.4, -0.2) is 60.9 Å². The van der Waals surface area contributed by atoms with Gasteiger partial charge in [0.2, 0.25) is 15.9 Å². The second-order valence-corrected chi connectivity index (χ2v) is 10.1. The Bertz CT molecular complexity index is 910. The van der Waals surface area contributed by atoms with Crippen molar-refractivity contribution in [2.75, 3.05) is 19.6 Å². The Morgan fingerprint density at radius 3 is 2.48 bits per heavy atom. The van der Waals surface area contributed by atoms with E-state index in [1.54, 1.807) is 20.8 Å². The lowest BCUT2D eigenvalue weighted by Crippen LogP contribution is -2.43. The van der Waals surface area contributed by atoms with Crippen LogP contribution in [0.1, 0.15) is 40.0 Å². The third-order valence-corrected chi connectivity index (χ3v) is 6.33. The van der Waals surface area contributed by atoms with Crippen LogP contribution in [-0.2, 0) is 19.6 Å². The van der Waals surface area contributed by atoms with Crippen LogP contribution >= 0.6 is 0 Å². The Labute approximate surface area is 181 Å². The van der Waals surface area contributed by atoms with Crippen molar-refractivity contribution in [2.45, 2.75) is 56.6 Å². The maximum absolute atomic E-state index is 13.1. The predicted molar refractivity (Wildman–Crippen MR) is 112 cm³/mol. The molecule has 1 heterocycles. The molecule has 1 aliphatic rings. The molecule has 1 aromatic rings. The van der Waals surface area contributed by atoms with E-state index in [9.17, 15) is 28.1 Å². The zero-order valence-electron chi connectivity index (χ0n) is 17.8. The number of nitrogens with zero attached hydrogens (tertiary/aromatic N) is 2. The number of non-ortho nitro benzene ring substituents is 1. The van der Waals surface area contributed by atoms with Crippen molar-refractivity contribution in [1.29, 1.82) is 0 Å². The lowest BCUT2D eigenvalue weighted by atomic mass is 10.2. The second-order valence-electron chi connectivity index (χ2n) is 8.20. The summed E-state index contributed by atoms with van der Waals surface area (Å²) < 4.78 is 32.6. The number of benzene rings is 1. The monoisotopic (exact) mass is 456 g/mol. The molecular formula is C19H28N4O7S. The van der Waals surface area contributed by atoms with Crippen LogP contribution in [0.25, 0.3) is 0 Å². The van der Waals surface area contributed by atoms with Gasteiger partial charge in [-0.25, -0.2) is 13.2 Å². The summed E-state index contributed by atoms with van der Waals surface area (Å²) in [7, 11) is -3.96. The minimum absolute atomic E-state index is 0.0670.